The average Bonchev–Trinajstić information content (AvgIpc) is 3.34. The van der Waals surface area contributed by atoms with Crippen molar-refractivity contribution in [1.29, 1.82) is 0 Å². The van der Waals surface area contributed by atoms with Crippen LogP contribution in [0.25, 0.3) is 0 Å². The molecule has 2 saturated heterocycles. The lowest BCUT2D eigenvalue weighted by Crippen LogP contribution is -2.72. The van der Waals surface area contributed by atoms with Crippen molar-refractivity contribution in [2.75, 3.05) is 26.2 Å². The number of hydrogen-bond acceptors (Lipinski definition) is 6. The maximum absolute atomic E-state index is 16.7. The third-order valence-electron chi connectivity index (χ3n) is 9.52. The molecule has 2 N–H and O–H groups in total. The van der Waals surface area contributed by atoms with Gasteiger partial charge in [0.15, 0.2) is 5.82 Å². The molecule has 8 nitrogen and oxygen atoms in total. The van der Waals surface area contributed by atoms with Crippen LogP contribution in [0.3, 0.4) is 0 Å². The monoisotopic (exact) mass is 508 g/mol. The van der Waals surface area contributed by atoms with Gasteiger partial charge in [-0.15, -0.1) is 0 Å². The Labute approximate surface area is 212 Å². The first-order valence-corrected chi connectivity index (χ1v) is 13.8. The lowest BCUT2D eigenvalue weighted by atomic mass is 9.60. The van der Waals surface area contributed by atoms with Crippen LogP contribution in [0, 0.1) is 17.8 Å². The number of piperazine rings is 1. The Morgan fingerprint density at radius 1 is 1.14 bits per heavy atom. The maximum Gasteiger partial charge on any atom is 0.334 e. The van der Waals surface area contributed by atoms with Gasteiger partial charge in [-0.2, -0.15) is 13.8 Å². The van der Waals surface area contributed by atoms with E-state index in [9.17, 15) is 4.79 Å². The molecule has 1 aromatic heterocycles. The minimum atomic E-state index is -3.42. The Morgan fingerprint density at radius 3 is 2.33 bits per heavy atom. The number of piperidine rings is 1. The maximum atomic E-state index is 16.7. The number of halogens is 2. The second kappa shape index (κ2) is 9.49. The molecule has 1 aromatic rings. The summed E-state index contributed by atoms with van der Waals surface area (Å²) in [4.78, 5) is 22.5. The Bertz CT molecular complexity index is 943. The molecule has 2 saturated carbocycles. The second-order valence-corrected chi connectivity index (χ2v) is 12.2. The smallest absolute Gasteiger partial charge is 0.334 e. The zero-order chi connectivity index (χ0) is 25.8. The summed E-state index contributed by atoms with van der Waals surface area (Å²) >= 11 is 0. The van der Waals surface area contributed by atoms with Crippen molar-refractivity contribution in [2.24, 2.45) is 23.5 Å². The summed E-state index contributed by atoms with van der Waals surface area (Å²) in [5, 5.41) is 4.32. The number of likely N-dealkylation sites (tertiary alicyclic amines) is 1. The van der Waals surface area contributed by atoms with Gasteiger partial charge in [0.25, 0.3) is 0 Å². The van der Waals surface area contributed by atoms with Gasteiger partial charge in [0, 0.05) is 43.6 Å². The SMILES string of the molecule is CC(C)N1CCN([C@@H]2CC(C)(c3noc([C@H]4C[C@H]4C)n3)C(C3CCCCC3)C(F)(F)N2C(N)=O)CC1. The number of carbonyl (C=O) groups excluding carboxylic acids is 1. The first kappa shape index (κ1) is 25.8. The molecule has 5 rings (SSSR count). The van der Waals surface area contributed by atoms with Gasteiger partial charge in [-0.25, -0.2) is 9.69 Å². The summed E-state index contributed by atoms with van der Waals surface area (Å²) in [6.45, 7) is 11.0. The molecule has 202 valence electrons. The van der Waals surface area contributed by atoms with E-state index >= 15 is 8.78 Å². The third kappa shape index (κ3) is 4.42. The van der Waals surface area contributed by atoms with Crippen LogP contribution in [0.1, 0.15) is 90.3 Å². The number of amides is 2. The number of primary amides is 1. The molecule has 4 fully saturated rings. The van der Waals surface area contributed by atoms with Crippen LogP contribution < -0.4 is 5.73 Å². The van der Waals surface area contributed by atoms with E-state index in [1.54, 1.807) is 0 Å². The summed E-state index contributed by atoms with van der Waals surface area (Å²) < 4.78 is 39.0. The summed E-state index contributed by atoms with van der Waals surface area (Å²) in [7, 11) is 0. The van der Waals surface area contributed by atoms with Gasteiger partial charge in [-0.1, -0.05) is 38.3 Å². The largest absolute Gasteiger partial charge is 0.351 e. The van der Waals surface area contributed by atoms with Crippen LogP contribution in [0.2, 0.25) is 0 Å². The molecular formula is C26H42F2N6O2. The predicted molar refractivity (Wildman–Crippen MR) is 131 cm³/mol. The number of alkyl halides is 2. The van der Waals surface area contributed by atoms with Crippen molar-refractivity contribution in [3.05, 3.63) is 11.7 Å². The normalized spacial score (nSPS) is 36.4. The predicted octanol–water partition coefficient (Wildman–Crippen LogP) is 4.38. The molecule has 2 unspecified atom stereocenters. The number of rotatable bonds is 5. The highest BCUT2D eigenvalue weighted by molar-refractivity contribution is 5.73. The van der Waals surface area contributed by atoms with Crippen molar-refractivity contribution >= 4 is 6.03 Å². The van der Waals surface area contributed by atoms with Gasteiger partial charge in [0.05, 0.1) is 12.1 Å². The van der Waals surface area contributed by atoms with Crippen LogP contribution in [0.5, 0.6) is 0 Å². The minimum Gasteiger partial charge on any atom is -0.351 e. The molecule has 0 bridgehead atoms. The minimum absolute atomic E-state index is 0.217. The highest BCUT2D eigenvalue weighted by Gasteiger charge is 2.66. The fourth-order valence-electron chi connectivity index (χ4n) is 7.25. The summed E-state index contributed by atoms with van der Waals surface area (Å²) in [5.74, 6) is 0.261. The molecule has 3 heterocycles. The molecule has 2 amide bonds. The van der Waals surface area contributed by atoms with Crippen LogP contribution >= 0.6 is 0 Å². The average molecular weight is 509 g/mol. The van der Waals surface area contributed by atoms with E-state index in [1.807, 2.05) is 11.8 Å². The molecule has 0 aromatic carbocycles. The van der Waals surface area contributed by atoms with Gasteiger partial charge in [0.1, 0.15) is 0 Å². The van der Waals surface area contributed by atoms with Crippen molar-refractivity contribution in [1.82, 2.24) is 24.8 Å². The number of hydrogen-bond donors (Lipinski definition) is 1. The van der Waals surface area contributed by atoms with Crippen LogP contribution in [-0.4, -0.2) is 75.3 Å². The fraction of sp³-hybridized carbons (Fsp3) is 0.885. The molecule has 5 atom stereocenters. The lowest BCUT2D eigenvalue weighted by molar-refractivity contribution is -0.259. The molecule has 4 aliphatic rings. The molecule has 2 aliphatic carbocycles. The summed E-state index contributed by atoms with van der Waals surface area (Å²) in [5.41, 5.74) is 4.68. The Kier molecular flexibility index (Phi) is 6.81. The number of aromatic nitrogens is 2. The highest BCUT2D eigenvalue weighted by Crippen LogP contribution is 2.57. The fourth-order valence-corrected chi connectivity index (χ4v) is 7.25. The Hall–Kier alpha value is -1.81. The topological polar surface area (TPSA) is 91.7 Å². The third-order valence-corrected chi connectivity index (χ3v) is 9.52. The lowest BCUT2D eigenvalue weighted by Gasteiger charge is -2.58. The Morgan fingerprint density at radius 2 is 1.78 bits per heavy atom. The van der Waals surface area contributed by atoms with E-state index in [-0.39, 0.29) is 11.8 Å². The molecule has 2 aliphatic heterocycles. The van der Waals surface area contributed by atoms with Gasteiger partial charge in [-0.05, 0) is 51.4 Å². The van der Waals surface area contributed by atoms with Crippen molar-refractivity contribution < 1.29 is 18.1 Å². The van der Waals surface area contributed by atoms with E-state index in [0.717, 1.165) is 38.8 Å². The zero-order valence-electron chi connectivity index (χ0n) is 22.1. The van der Waals surface area contributed by atoms with Crippen molar-refractivity contribution in [2.45, 2.75) is 102 Å². The molecule has 0 radical (unpaired) electrons. The van der Waals surface area contributed by atoms with Crippen LogP contribution in [-0.2, 0) is 5.41 Å². The quantitative estimate of drug-likeness (QED) is 0.594. The molecule has 36 heavy (non-hydrogen) atoms. The first-order chi connectivity index (χ1) is 17.0. The van der Waals surface area contributed by atoms with Crippen LogP contribution in [0.4, 0.5) is 13.6 Å². The van der Waals surface area contributed by atoms with E-state index in [0.29, 0.717) is 60.9 Å². The number of urea groups is 1. The molecular weight excluding hydrogens is 466 g/mol. The number of nitrogens with two attached hydrogens (primary N) is 1. The van der Waals surface area contributed by atoms with Gasteiger partial charge >= 0.3 is 12.1 Å². The standard InChI is InChI=1S/C26H42F2N6O2/c1-16(2)32-10-12-33(13-11-32)20-15-25(4,23-30-22(36-31-23)19-14-17(19)3)21(18-8-6-5-7-9-18)26(27,28)34(20)24(29)35/h16-21H,5-15H2,1-4H3,(H2,29,35)/t17-,19+,20+,21?,25?/m1/s1. The van der Waals surface area contributed by atoms with Crippen molar-refractivity contribution in [3.63, 3.8) is 0 Å². The summed E-state index contributed by atoms with van der Waals surface area (Å²) in [6.07, 6.45) is 4.79. The van der Waals surface area contributed by atoms with E-state index < -0.39 is 29.6 Å². The van der Waals surface area contributed by atoms with E-state index in [4.69, 9.17) is 15.2 Å². The number of nitrogens with zero attached hydrogens (tertiary/aromatic N) is 5. The highest BCUT2D eigenvalue weighted by atomic mass is 19.3. The molecule has 0 spiro atoms. The number of carbonyl (C=O) groups is 1. The van der Waals surface area contributed by atoms with Gasteiger partial charge < -0.3 is 10.3 Å². The second-order valence-electron chi connectivity index (χ2n) is 12.2. The summed E-state index contributed by atoms with van der Waals surface area (Å²) in [6, 6.07) is -4.09. The van der Waals surface area contributed by atoms with Crippen molar-refractivity contribution in [3.8, 4) is 0 Å². The van der Waals surface area contributed by atoms with E-state index in [2.05, 4.69) is 30.8 Å². The molecule has 10 heteroatoms. The first-order valence-electron chi connectivity index (χ1n) is 13.8. The zero-order valence-corrected chi connectivity index (χ0v) is 22.1. The Balaban J connectivity index is 1.53. The van der Waals surface area contributed by atoms with Crippen LogP contribution in [0.15, 0.2) is 4.52 Å². The van der Waals surface area contributed by atoms with Gasteiger partial charge in [0.2, 0.25) is 5.89 Å². The van der Waals surface area contributed by atoms with Gasteiger partial charge in [-0.3, -0.25) is 9.80 Å². The van der Waals surface area contributed by atoms with E-state index in [1.165, 1.54) is 0 Å².